The molecule has 0 aromatic heterocycles. The molecule has 2 fully saturated rings. The van der Waals surface area contributed by atoms with Crippen molar-refractivity contribution in [1.82, 2.24) is 10.2 Å². The number of thioether (sulfide) groups is 1. The van der Waals surface area contributed by atoms with E-state index < -0.39 is 17.6 Å². The summed E-state index contributed by atoms with van der Waals surface area (Å²) in [6.45, 7) is 4.30. The Morgan fingerprint density at radius 2 is 2.00 bits per heavy atom. The van der Waals surface area contributed by atoms with Crippen LogP contribution < -0.4 is 10.6 Å². The van der Waals surface area contributed by atoms with Crippen molar-refractivity contribution >= 4 is 29.3 Å². The van der Waals surface area contributed by atoms with Crippen molar-refractivity contribution in [3.8, 4) is 0 Å². The molecule has 2 N–H and O–H groups in total. The Kier molecular flexibility index (Phi) is 6.53. The Hall–Kier alpha value is -1.60. The lowest BCUT2D eigenvalue weighted by atomic mass is 9.95. The number of nitrogens with one attached hydrogen (secondary N) is 2. The summed E-state index contributed by atoms with van der Waals surface area (Å²) in [5.74, 6) is 1.08. The molecule has 0 radical (unpaired) electrons. The zero-order valence-electron chi connectivity index (χ0n) is 15.1. The monoisotopic (exact) mass is 379 g/mol. The minimum absolute atomic E-state index is 0.288. The first-order valence-electron chi connectivity index (χ1n) is 9.20. The van der Waals surface area contributed by atoms with Crippen LogP contribution in [0.2, 0.25) is 0 Å². The molecule has 1 atom stereocenters. The van der Waals surface area contributed by atoms with Gasteiger partial charge in [0.25, 0.3) is 0 Å². The van der Waals surface area contributed by atoms with Crippen LogP contribution in [0.1, 0.15) is 24.8 Å². The van der Waals surface area contributed by atoms with Crippen molar-refractivity contribution in [3.05, 3.63) is 29.6 Å². The van der Waals surface area contributed by atoms with Crippen molar-refractivity contribution in [1.29, 1.82) is 0 Å². The number of nitrogens with zero attached hydrogens (tertiary/aromatic N) is 1. The van der Waals surface area contributed by atoms with E-state index in [9.17, 15) is 14.0 Å². The predicted molar refractivity (Wildman–Crippen MR) is 103 cm³/mol. The lowest BCUT2D eigenvalue weighted by Gasteiger charge is -2.35. The number of amides is 2. The topological polar surface area (TPSA) is 61.4 Å². The van der Waals surface area contributed by atoms with E-state index in [1.165, 1.54) is 24.0 Å². The fourth-order valence-corrected chi connectivity index (χ4v) is 4.76. The Labute approximate surface area is 158 Å². The molecule has 2 aliphatic heterocycles. The van der Waals surface area contributed by atoms with Gasteiger partial charge in [-0.15, -0.1) is 0 Å². The highest BCUT2D eigenvalue weighted by Gasteiger charge is 2.27. The molecule has 2 heterocycles. The third-order valence-corrected chi connectivity index (χ3v) is 6.40. The highest BCUT2D eigenvalue weighted by Crippen LogP contribution is 2.26. The molecule has 1 unspecified atom stereocenters. The van der Waals surface area contributed by atoms with Crippen LogP contribution in [-0.2, 0) is 9.59 Å². The molecule has 1 aromatic carbocycles. The molecule has 2 saturated heterocycles. The number of hydrogen-bond donors (Lipinski definition) is 2. The van der Waals surface area contributed by atoms with Gasteiger partial charge in [0.2, 0.25) is 0 Å². The molecular formula is C19H26FN3O2S. The molecule has 5 nitrogen and oxygen atoms in total. The van der Waals surface area contributed by atoms with Crippen LogP contribution in [0.4, 0.5) is 10.1 Å². The molecule has 2 aliphatic rings. The van der Waals surface area contributed by atoms with Gasteiger partial charge in [0.05, 0.1) is 0 Å². The van der Waals surface area contributed by atoms with Gasteiger partial charge in [0.15, 0.2) is 0 Å². The smallest absolute Gasteiger partial charge is 0.313 e. The van der Waals surface area contributed by atoms with Gasteiger partial charge in [-0.2, -0.15) is 11.8 Å². The predicted octanol–water partition coefficient (Wildman–Crippen LogP) is 2.41. The highest BCUT2D eigenvalue weighted by molar-refractivity contribution is 7.99. The number of benzene rings is 1. The number of anilines is 1. The zero-order valence-corrected chi connectivity index (χ0v) is 15.9. The fourth-order valence-electron chi connectivity index (χ4n) is 3.51. The first-order chi connectivity index (χ1) is 12.5. The maximum atomic E-state index is 13.5. The summed E-state index contributed by atoms with van der Waals surface area (Å²) in [5, 5.41) is 5.16. The van der Waals surface area contributed by atoms with E-state index in [4.69, 9.17) is 0 Å². The summed E-state index contributed by atoms with van der Waals surface area (Å²) in [5.41, 5.74) is 0.783. The highest BCUT2D eigenvalue weighted by atomic mass is 32.2. The van der Waals surface area contributed by atoms with Crippen LogP contribution in [0, 0.1) is 18.7 Å². The quantitative estimate of drug-likeness (QED) is 0.789. The first-order valence-corrected chi connectivity index (χ1v) is 10.4. The van der Waals surface area contributed by atoms with Crippen molar-refractivity contribution in [2.24, 2.45) is 5.92 Å². The number of piperidine rings is 1. The van der Waals surface area contributed by atoms with Crippen LogP contribution in [-0.4, -0.2) is 53.9 Å². The number of hydrogen-bond acceptors (Lipinski definition) is 4. The van der Waals surface area contributed by atoms with Crippen molar-refractivity contribution in [2.75, 3.05) is 36.5 Å². The first kappa shape index (κ1) is 19.2. The molecule has 2 amide bonds. The summed E-state index contributed by atoms with van der Waals surface area (Å²) < 4.78 is 13.5. The van der Waals surface area contributed by atoms with Crippen LogP contribution in [0.5, 0.6) is 0 Å². The maximum absolute atomic E-state index is 13.5. The number of carbonyl (C=O) groups is 2. The molecule has 1 aromatic rings. The summed E-state index contributed by atoms with van der Waals surface area (Å²) >= 11 is 2.03. The van der Waals surface area contributed by atoms with Gasteiger partial charge in [-0.05, 0) is 68.6 Å². The van der Waals surface area contributed by atoms with E-state index in [2.05, 4.69) is 15.5 Å². The van der Waals surface area contributed by atoms with Crippen molar-refractivity contribution < 1.29 is 14.0 Å². The standard InChI is InChI=1S/C19H26FN3O2S/c1-13-2-3-15(10-17(13)20)22-19(25)18(24)21-11-14-4-7-23(8-5-14)16-6-9-26-12-16/h2-3,10,14,16H,4-9,11-12H2,1H3,(H,21,24)(H,22,25). The average molecular weight is 380 g/mol. The van der Waals surface area contributed by atoms with Crippen molar-refractivity contribution in [3.63, 3.8) is 0 Å². The molecule has 3 rings (SSSR count). The molecule has 0 aliphatic carbocycles. The fraction of sp³-hybridized carbons (Fsp3) is 0.579. The average Bonchev–Trinajstić information content (AvgIpc) is 3.18. The second-order valence-corrected chi connectivity index (χ2v) is 8.27. The minimum Gasteiger partial charge on any atom is -0.348 e. The zero-order chi connectivity index (χ0) is 18.5. The van der Waals surface area contributed by atoms with Gasteiger partial charge in [0.1, 0.15) is 5.82 Å². The Balaban J connectivity index is 1.39. The van der Waals surface area contributed by atoms with Gasteiger partial charge in [-0.1, -0.05) is 6.07 Å². The lowest BCUT2D eigenvalue weighted by molar-refractivity contribution is -0.136. The van der Waals surface area contributed by atoms with Gasteiger partial charge < -0.3 is 10.6 Å². The van der Waals surface area contributed by atoms with E-state index in [1.807, 2.05) is 11.8 Å². The van der Waals surface area contributed by atoms with E-state index in [0.29, 0.717) is 18.0 Å². The third kappa shape index (κ3) is 4.98. The number of likely N-dealkylation sites (tertiary alicyclic amines) is 1. The number of rotatable bonds is 4. The van der Waals surface area contributed by atoms with E-state index in [1.54, 1.807) is 19.1 Å². The van der Waals surface area contributed by atoms with E-state index in [0.717, 1.165) is 32.0 Å². The molecule has 0 bridgehead atoms. The molecule has 0 spiro atoms. The van der Waals surface area contributed by atoms with Gasteiger partial charge in [-0.3, -0.25) is 14.5 Å². The second-order valence-electron chi connectivity index (χ2n) is 7.12. The van der Waals surface area contributed by atoms with Crippen LogP contribution in [0.25, 0.3) is 0 Å². The van der Waals surface area contributed by atoms with Crippen LogP contribution in [0.3, 0.4) is 0 Å². The van der Waals surface area contributed by atoms with E-state index >= 15 is 0 Å². The van der Waals surface area contributed by atoms with Crippen LogP contribution >= 0.6 is 11.8 Å². The number of carbonyl (C=O) groups excluding carboxylic acids is 2. The number of halogens is 1. The largest absolute Gasteiger partial charge is 0.348 e. The molecule has 26 heavy (non-hydrogen) atoms. The third-order valence-electron chi connectivity index (χ3n) is 5.26. The van der Waals surface area contributed by atoms with Crippen molar-refractivity contribution in [2.45, 2.75) is 32.2 Å². The van der Waals surface area contributed by atoms with E-state index in [-0.39, 0.29) is 5.69 Å². The van der Waals surface area contributed by atoms with Crippen LogP contribution in [0.15, 0.2) is 18.2 Å². The SMILES string of the molecule is Cc1ccc(NC(=O)C(=O)NCC2CCN(C3CCSC3)CC2)cc1F. The van der Waals surface area contributed by atoms with Gasteiger partial charge in [0, 0.05) is 24.0 Å². The Morgan fingerprint density at radius 1 is 1.23 bits per heavy atom. The minimum atomic E-state index is -0.756. The normalized spacial score (nSPS) is 21.5. The second kappa shape index (κ2) is 8.86. The molecular weight excluding hydrogens is 353 g/mol. The maximum Gasteiger partial charge on any atom is 0.313 e. The number of aryl methyl sites for hydroxylation is 1. The summed E-state index contributed by atoms with van der Waals surface area (Å²) in [7, 11) is 0. The summed E-state index contributed by atoms with van der Waals surface area (Å²) in [6, 6.07) is 5.09. The Morgan fingerprint density at radius 3 is 2.65 bits per heavy atom. The summed E-state index contributed by atoms with van der Waals surface area (Å²) in [6.07, 6.45) is 3.38. The molecule has 142 valence electrons. The Bertz CT molecular complexity index is 656. The summed E-state index contributed by atoms with van der Waals surface area (Å²) in [4.78, 5) is 26.5. The molecule has 0 saturated carbocycles. The van der Waals surface area contributed by atoms with Gasteiger partial charge >= 0.3 is 11.8 Å². The lowest BCUT2D eigenvalue weighted by Crippen LogP contribution is -2.45. The van der Waals surface area contributed by atoms with Gasteiger partial charge in [-0.25, -0.2) is 4.39 Å². The molecule has 7 heteroatoms.